The van der Waals surface area contributed by atoms with Crippen LogP contribution in [0.1, 0.15) is 71.0 Å². The van der Waals surface area contributed by atoms with E-state index in [1.165, 1.54) is 16.8 Å². The summed E-state index contributed by atoms with van der Waals surface area (Å²) in [6.07, 6.45) is 3.04. The second-order valence-electron chi connectivity index (χ2n) is 7.42. The average Bonchev–Trinajstić information content (AvgIpc) is 2.65. The molecular formula is C16H23N3. The zero-order valence-electron chi connectivity index (χ0n) is 12.8. The van der Waals surface area contributed by atoms with Gasteiger partial charge in [0, 0.05) is 17.5 Å². The molecule has 0 bridgehead atoms. The van der Waals surface area contributed by atoms with Gasteiger partial charge >= 0.3 is 0 Å². The van der Waals surface area contributed by atoms with Gasteiger partial charge in [-0.3, -0.25) is 0 Å². The summed E-state index contributed by atoms with van der Waals surface area (Å²) in [7, 11) is 0. The minimum Gasteiger partial charge on any atom is -0.235 e. The number of hydrogen-bond acceptors (Lipinski definition) is 2. The highest BCUT2D eigenvalue weighted by molar-refractivity contribution is 5.66. The second-order valence-corrected chi connectivity index (χ2v) is 7.42. The quantitative estimate of drug-likeness (QED) is 0.777. The smallest absolute Gasteiger partial charge is 0.133 e. The molecule has 0 aromatic carbocycles. The van der Waals surface area contributed by atoms with Crippen molar-refractivity contribution in [1.29, 1.82) is 0 Å². The molecule has 1 aliphatic rings. The molecule has 2 heterocycles. The van der Waals surface area contributed by atoms with E-state index in [1.54, 1.807) is 0 Å². The number of aromatic nitrogens is 3. The van der Waals surface area contributed by atoms with Gasteiger partial charge in [0.15, 0.2) is 0 Å². The third kappa shape index (κ3) is 1.63. The Morgan fingerprint density at radius 2 is 1.84 bits per heavy atom. The molecule has 0 N–H and O–H groups in total. The van der Waals surface area contributed by atoms with Gasteiger partial charge in [-0.25, -0.2) is 9.50 Å². The summed E-state index contributed by atoms with van der Waals surface area (Å²) in [4.78, 5) is 4.94. The van der Waals surface area contributed by atoms with Crippen molar-refractivity contribution in [3.8, 4) is 0 Å². The van der Waals surface area contributed by atoms with Crippen LogP contribution in [0, 0.1) is 0 Å². The Morgan fingerprint density at radius 3 is 2.47 bits per heavy atom. The van der Waals surface area contributed by atoms with Crippen LogP contribution in [0.15, 0.2) is 12.3 Å². The van der Waals surface area contributed by atoms with Crippen LogP contribution in [0.3, 0.4) is 0 Å². The van der Waals surface area contributed by atoms with Crippen molar-refractivity contribution in [1.82, 2.24) is 14.6 Å². The Hall–Kier alpha value is -1.38. The van der Waals surface area contributed by atoms with E-state index in [9.17, 15) is 0 Å². The Labute approximate surface area is 115 Å². The van der Waals surface area contributed by atoms with Crippen molar-refractivity contribution in [3.63, 3.8) is 0 Å². The Balaban J connectivity index is 2.46. The Bertz CT molecular complexity index is 647. The summed E-state index contributed by atoms with van der Waals surface area (Å²) < 4.78 is 2.07. The van der Waals surface area contributed by atoms with E-state index in [0.29, 0.717) is 5.92 Å². The number of nitrogens with zero attached hydrogens (tertiary/aromatic N) is 3. The van der Waals surface area contributed by atoms with Gasteiger partial charge in [0.25, 0.3) is 0 Å². The summed E-state index contributed by atoms with van der Waals surface area (Å²) in [5, 5.41) is 4.55. The molecule has 0 atom stereocenters. The lowest BCUT2D eigenvalue weighted by molar-refractivity contribution is 0.333. The molecule has 0 unspecified atom stereocenters. The Morgan fingerprint density at radius 1 is 1.16 bits per heavy atom. The molecule has 2 aromatic rings. The standard InChI is InChI=1S/C16H23N3/c1-10(2)14-18-13-12-11(7-8-17-19(12)14)15(3,4)9-16(13,5)6/h7-8,10H,9H2,1-6H3. The van der Waals surface area contributed by atoms with Gasteiger partial charge in [-0.15, -0.1) is 0 Å². The van der Waals surface area contributed by atoms with E-state index in [1.807, 2.05) is 6.20 Å². The highest BCUT2D eigenvalue weighted by Gasteiger charge is 2.41. The van der Waals surface area contributed by atoms with Gasteiger partial charge < -0.3 is 0 Å². The van der Waals surface area contributed by atoms with Crippen LogP contribution in [-0.4, -0.2) is 14.6 Å². The minimum absolute atomic E-state index is 0.109. The molecule has 102 valence electrons. The summed E-state index contributed by atoms with van der Waals surface area (Å²) in [5.74, 6) is 1.47. The van der Waals surface area contributed by atoms with Gasteiger partial charge in [-0.1, -0.05) is 41.5 Å². The molecular weight excluding hydrogens is 234 g/mol. The maximum atomic E-state index is 4.94. The molecule has 3 heteroatoms. The summed E-state index contributed by atoms with van der Waals surface area (Å²) in [5.41, 5.74) is 4.13. The van der Waals surface area contributed by atoms with E-state index in [4.69, 9.17) is 4.98 Å². The monoisotopic (exact) mass is 257 g/mol. The SMILES string of the molecule is CC(C)c1nc2c3c(ccnn13)C(C)(C)CC2(C)C. The van der Waals surface area contributed by atoms with Gasteiger partial charge in [-0.2, -0.15) is 5.10 Å². The zero-order valence-corrected chi connectivity index (χ0v) is 12.8. The van der Waals surface area contributed by atoms with Crippen LogP contribution < -0.4 is 0 Å². The van der Waals surface area contributed by atoms with Crippen LogP contribution >= 0.6 is 0 Å². The normalized spacial score (nSPS) is 20.2. The number of hydrogen-bond donors (Lipinski definition) is 0. The van der Waals surface area contributed by atoms with Crippen LogP contribution in [0.5, 0.6) is 0 Å². The molecule has 1 aliphatic carbocycles. The first-order valence-electron chi connectivity index (χ1n) is 7.13. The van der Waals surface area contributed by atoms with Crippen LogP contribution in [0.4, 0.5) is 0 Å². The third-order valence-corrected chi connectivity index (χ3v) is 4.33. The fourth-order valence-corrected chi connectivity index (χ4v) is 3.72. The predicted molar refractivity (Wildman–Crippen MR) is 77.7 cm³/mol. The first-order valence-corrected chi connectivity index (χ1v) is 7.13. The molecule has 0 saturated carbocycles. The molecule has 0 aliphatic heterocycles. The fraction of sp³-hybridized carbons (Fsp3) is 0.625. The van der Waals surface area contributed by atoms with E-state index < -0.39 is 0 Å². The van der Waals surface area contributed by atoms with E-state index >= 15 is 0 Å². The molecule has 3 nitrogen and oxygen atoms in total. The molecule has 0 saturated heterocycles. The maximum Gasteiger partial charge on any atom is 0.133 e. The molecule has 3 rings (SSSR count). The lowest BCUT2D eigenvalue weighted by Gasteiger charge is -2.39. The van der Waals surface area contributed by atoms with Gasteiger partial charge in [-0.05, 0) is 23.5 Å². The first-order chi connectivity index (χ1) is 8.74. The van der Waals surface area contributed by atoms with Crippen molar-refractivity contribution < 1.29 is 0 Å². The van der Waals surface area contributed by atoms with E-state index in [0.717, 1.165) is 12.2 Å². The molecule has 0 amide bonds. The van der Waals surface area contributed by atoms with Crippen LogP contribution in [0.2, 0.25) is 0 Å². The lowest BCUT2D eigenvalue weighted by Crippen LogP contribution is -2.35. The highest BCUT2D eigenvalue weighted by atomic mass is 15.3. The number of rotatable bonds is 1. The van der Waals surface area contributed by atoms with Crippen LogP contribution in [0.25, 0.3) is 5.52 Å². The maximum absolute atomic E-state index is 4.94. The van der Waals surface area contributed by atoms with Gasteiger partial charge in [0.05, 0.1) is 11.2 Å². The molecule has 0 fully saturated rings. The molecule has 2 aromatic heterocycles. The predicted octanol–water partition coefficient (Wildman–Crippen LogP) is 3.81. The topological polar surface area (TPSA) is 30.2 Å². The van der Waals surface area contributed by atoms with Crippen molar-refractivity contribution >= 4 is 5.52 Å². The highest BCUT2D eigenvalue weighted by Crippen LogP contribution is 2.47. The molecule has 19 heavy (non-hydrogen) atoms. The lowest BCUT2D eigenvalue weighted by atomic mass is 9.65. The van der Waals surface area contributed by atoms with E-state index in [2.05, 4.69) is 57.2 Å². The van der Waals surface area contributed by atoms with Crippen molar-refractivity contribution in [2.75, 3.05) is 0 Å². The molecule has 0 radical (unpaired) electrons. The van der Waals surface area contributed by atoms with Crippen molar-refractivity contribution in [2.45, 2.75) is 64.7 Å². The van der Waals surface area contributed by atoms with Gasteiger partial charge in [0.1, 0.15) is 5.82 Å². The van der Waals surface area contributed by atoms with Gasteiger partial charge in [0.2, 0.25) is 0 Å². The van der Waals surface area contributed by atoms with E-state index in [-0.39, 0.29) is 10.8 Å². The average molecular weight is 257 g/mol. The number of imidazole rings is 1. The summed E-state index contributed by atoms with van der Waals surface area (Å²) in [6.45, 7) is 13.6. The van der Waals surface area contributed by atoms with Crippen molar-refractivity contribution in [3.05, 3.63) is 29.3 Å². The minimum atomic E-state index is 0.109. The molecule has 0 spiro atoms. The second kappa shape index (κ2) is 3.59. The van der Waals surface area contributed by atoms with Crippen LogP contribution in [-0.2, 0) is 10.8 Å². The summed E-state index contributed by atoms with van der Waals surface area (Å²) in [6, 6.07) is 2.17. The van der Waals surface area contributed by atoms with Crippen molar-refractivity contribution in [2.24, 2.45) is 0 Å². The first kappa shape index (κ1) is 12.6. The Kier molecular flexibility index (Phi) is 2.39. The largest absolute Gasteiger partial charge is 0.235 e. The summed E-state index contributed by atoms with van der Waals surface area (Å²) >= 11 is 0. The fourth-order valence-electron chi connectivity index (χ4n) is 3.72. The zero-order chi connectivity index (χ0) is 14.0. The third-order valence-electron chi connectivity index (χ3n) is 4.33.